The molecule has 4 heteroatoms. The lowest BCUT2D eigenvalue weighted by atomic mass is 10.1. The Morgan fingerprint density at radius 3 is 1.68 bits per heavy atom. The van der Waals surface area contributed by atoms with Crippen molar-refractivity contribution >= 4 is 39.9 Å². The summed E-state index contributed by atoms with van der Waals surface area (Å²) in [5.74, 6) is 0. The summed E-state index contributed by atoms with van der Waals surface area (Å²) in [6.07, 6.45) is 7.89. The summed E-state index contributed by atoms with van der Waals surface area (Å²) in [4.78, 5) is 10.1. The normalized spacial score (nSPS) is 13.8. The van der Waals surface area contributed by atoms with Crippen molar-refractivity contribution in [1.29, 1.82) is 0 Å². The molecule has 0 amide bonds. The predicted molar refractivity (Wildman–Crippen MR) is 132 cm³/mol. The van der Waals surface area contributed by atoms with Gasteiger partial charge in [0.1, 0.15) is 11.4 Å². The predicted octanol–water partition coefficient (Wildman–Crippen LogP) is 5.49. The first-order chi connectivity index (χ1) is 15.1. The highest BCUT2D eigenvalue weighted by molar-refractivity contribution is 6.18. The molecule has 1 unspecified atom stereocenters. The summed E-state index contributed by atoms with van der Waals surface area (Å²) in [5, 5.41) is 3.46. The van der Waals surface area contributed by atoms with Crippen LogP contribution in [0.1, 0.15) is 5.56 Å². The Morgan fingerprint density at radius 1 is 0.645 bits per heavy atom. The molecule has 0 saturated carbocycles. The SMILES string of the molecule is CN=C1C=CC(=Nc2ccc(Nc3ccc([NH+](C)c4ccc(C)cc4)cc3)cc2)C=C1. The molecule has 3 aromatic carbocycles. The van der Waals surface area contributed by atoms with Crippen LogP contribution in [0.2, 0.25) is 0 Å². The average Bonchev–Trinajstić information content (AvgIpc) is 2.81. The van der Waals surface area contributed by atoms with Gasteiger partial charge in [-0.2, -0.15) is 0 Å². The van der Waals surface area contributed by atoms with Gasteiger partial charge in [-0.25, -0.2) is 4.99 Å². The lowest BCUT2D eigenvalue weighted by molar-refractivity contribution is -0.735. The van der Waals surface area contributed by atoms with E-state index in [1.165, 1.54) is 21.8 Å². The van der Waals surface area contributed by atoms with Crippen molar-refractivity contribution in [2.24, 2.45) is 9.98 Å². The molecule has 0 bridgehead atoms. The topological polar surface area (TPSA) is 41.2 Å². The minimum atomic E-state index is 0.920. The molecule has 0 radical (unpaired) electrons. The Bertz CT molecular complexity index is 1130. The van der Waals surface area contributed by atoms with Gasteiger partial charge < -0.3 is 5.32 Å². The van der Waals surface area contributed by atoms with Crippen LogP contribution in [-0.2, 0) is 0 Å². The van der Waals surface area contributed by atoms with Crippen molar-refractivity contribution < 1.29 is 4.90 Å². The van der Waals surface area contributed by atoms with Gasteiger partial charge in [0.15, 0.2) is 0 Å². The first-order valence-electron chi connectivity index (χ1n) is 10.4. The second-order valence-electron chi connectivity index (χ2n) is 7.59. The fourth-order valence-electron chi connectivity index (χ4n) is 3.39. The maximum atomic E-state index is 4.66. The van der Waals surface area contributed by atoms with Gasteiger partial charge in [0.25, 0.3) is 0 Å². The van der Waals surface area contributed by atoms with Gasteiger partial charge in [-0.15, -0.1) is 0 Å². The van der Waals surface area contributed by atoms with Crippen LogP contribution in [0.3, 0.4) is 0 Å². The van der Waals surface area contributed by atoms with E-state index in [2.05, 4.69) is 77.8 Å². The zero-order valence-electron chi connectivity index (χ0n) is 18.1. The van der Waals surface area contributed by atoms with Crippen LogP contribution in [-0.4, -0.2) is 25.5 Å². The van der Waals surface area contributed by atoms with E-state index >= 15 is 0 Å². The van der Waals surface area contributed by atoms with Crippen molar-refractivity contribution in [2.45, 2.75) is 6.92 Å². The third-order valence-electron chi connectivity index (χ3n) is 5.32. The van der Waals surface area contributed by atoms with E-state index in [-0.39, 0.29) is 0 Å². The third kappa shape index (κ3) is 5.24. The first kappa shape index (κ1) is 20.5. The number of aliphatic imine (C=N–C) groups is 2. The van der Waals surface area contributed by atoms with E-state index in [1.54, 1.807) is 7.05 Å². The van der Waals surface area contributed by atoms with Gasteiger partial charge in [0, 0.05) is 30.6 Å². The standard InChI is InChI=1S/C27H26N4/c1-20-4-16-26(17-5-20)31(3)27-18-14-25(15-19-27)30-24-12-10-23(11-13-24)29-22-8-6-21(28-2)7-9-22/h4-19,30H,1-3H3/p+1. The molecule has 0 spiro atoms. The molecule has 1 aliphatic carbocycles. The van der Waals surface area contributed by atoms with Crippen LogP contribution in [0.15, 0.2) is 107 Å². The molecule has 1 atom stereocenters. The molecule has 0 fully saturated rings. The molecule has 31 heavy (non-hydrogen) atoms. The van der Waals surface area contributed by atoms with Crippen LogP contribution in [0.4, 0.5) is 28.4 Å². The van der Waals surface area contributed by atoms with Gasteiger partial charge in [0.2, 0.25) is 0 Å². The van der Waals surface area contributed by atoms with Crippen LogP contribution >= 0.6 is 0 Å². The zero-order valence-corrected chi connectivity index (χ0v) is 18.1. The smallest absolute Gasteiger partial charge is 0.136 e. The Hall–Kier alpha value is -3.76. The highest BCUT2D eigenvalue weighted by Gasteiger charge is 2.09. The van der Waals surface area contributed by atoms with Gasteiger partial charge in [-0.05, 0) is 79.8 Å². The van der Waals surface area contributed by atoms with Crippen LogP contribution in [0.5, 0.6) is 0 Å². The van der Waals surface area contributed by atoms with Crippen molar-refractivity contribution in [3.8, 4) is 0 Å². The lowest BCUT2D eigenvalue weighted by Crippen LogP contribution is -2.98. The summed E-state index contributed by atoms with van der Waals surface area (Å²) >= 11 is 0. The van der Waals surface area contributed by atoms with E-state index in [0.717, 1.165) is 28.5 Å². The molecule has 1 aliphatic rings. The maximum absolute atomic E-state index is 4.66. The zero-order chi connectivity index (χ0) is 21.6. The van der Waals surface area contributed by atoms with Crippen molar-refractivity contribution in [3.63, 3.8) is 0 Å². The van der Waals surface area contributed by atoms with Crippen LogP contribution in [0.25, 0.3) is 0 Å². The summed E-state index contributed by atoms with van der Waals surface area (Å²) in [6.45, 7) is 2.11. The highest BCUT2D eigenvalue weighted by Crippen LogP contribution is 2.22. The monoisotopic (exact) mass is 407 g/mol. The Morgan fingerprint density at radius 2 is 1.13 bits per heavy atom. The quantitative estimate of drug-likeness (QED) is 0.540. The second-order valence-corrected chi connectivity index (χ2v) is 7.59. The Kier molecular flexibility index (Phi) is 6.20. The Balaban J connectivity index is 1.40. The summed E-state index contributed by atoms with van der Waals surface area (Å²) < 4.78 is 0. The van der Waals surface area contributed by atoms with E-state index in [9.17, 15) is 0 Å². The fraction of sp³-hybridized carbons (Fsp3) is 0.111. The maximum Gasteiger partial charge on any atom is 0.136 e. The van der Waals surface area contributed by atoms with Crippen molar-refractivity contribution in [1.82, 2.24) is 0 Å². The van der Waals surface area contributed by atoms with E-state index in [4.69, 9.17) is 0 Å². The number of allylic oxidation sites excluding steroid dienone is 4. The lowest BCUT2D eigenvalue weighted by Gasteiger charge is -2.14. The number of benzene rings is 3. The molecule has 0 heterocycles. The molecule has 2 N–H and O–H groups in total. The molecule has 0 aromatic heterocycles. The highest BCUT2D eigenvalue weighted by atomic mass is 15.1. The molecule has 3 aromatic rings. The third-order valence-corrected chi connectivity index (χ3v) is 5.32. The van der Waals surface area contributed by atoms with Crippen molar-refractivity contribution in [3.05, 3.63) is 103 Å². The van der Waals surface area contributed by atoms with Crippen LogP contribution in [0, 0.1) is 6.92 Å². The molecule has 4 rings (SSSR count). The minimum absolute atomic E-state index is 0.920. The number of hydrogen-bond donors (Lipinski definition) is 2. The first-order valence-corrected chi connectivity index (χ1v) is 10.4. The summed E-state index contributed by atoms with van der Waals surface area (Å²) in [7, 11) is 3.95. The molecular weight excluding hydrogens is 380 g/mol. The van der Waals surface area contributed by atoms with Gasteiger partial charge >= 0.3 is 0 Å². The largest absolute Gasteiger partial charge is 0.356 e. The molecule has 154 valence electrons. The van der Waals surface area contributed by atoms with Crippen LogP contribution < -0.4 is 10.2 Å². The molecule has 0 aliphatic heterocycles. The number of quaternary nitrogens is 1. The minimum Gasteiger partial charge on any atom is -0.356 e. The molecular formula is C27H27N4+. The number of rotatable bonds is 5. The fourth-order valence-corrected chi connectivity index (χ4v) is 3.39. The van der Waals surface area contributed by atoms with E-state index in [0.29, 0.717) is 0 Å². The number of nitrogens with one attached hydrogen (secondary N) is 2. The second kappa shape index (κ2) is 9.37. The van der Waals surface area contributed by atoms with Crippen molar-refractivity contribution in [2.75, 3.05) is 19.4 Å². The average molecular weight is 408 g/mol. The number of aryl methyl sites for hydroxylation is 1. The Labute approximate surface area is 184 Å². The van der Waals surface area contributed by atoms with Gasteiger partial charge in [-0.1, -0.05) is 17.7 Å². The number of hydrogen-bond acceptors (Lipinski definition) is 3. The van der Waals surface area contributed by atoms with Gasteiger partial charge in [-0.3, -0.25) is 9.89 Å². The van der Waals surface area contributed by atoms with Gasteiger partial charge in [0.05, 0.1) is 24.2 Å². The number of nitrogens with zero attached hydrogens (tertiary/aromatic N) is 2. The molecule has 4 nitrogen and oxygen atoms in total. The summed E-state index contributed by atoms with van der Waals surface area (Å²) in [6, 6.07) is 25.3. The van der Waals surface area contributed by atoms with E-state index in [1.807, 2.05) is 48.6 Å². The summed E-state index contributed by atoms with van der Waals surface area (Å²) in [5.41, 5.74) is 8.65. The molecule has 0 saturated heterocycles. The number of anilines is 2. The van der Waals surface area contributed by atoms with E-state index < -0.39 is 0 Å².